The fraction of sp³-hybridized carbons (Fsp3) is 0.375. The molecule has 0 fully saturated rings. The molecule has 0 aliphatic carbocycles. The van der Waals surface area contributed by atoms with Crippen LogP contribution in [0.15, 0.2) is 10.7 Å². The normalized spacial score (nSPS) is 20.1. The molecule has 5 heteroatoms. The molecule has 0 unspecified atom stereocenters. The lowest BCUT2D eigenvalue weighted by Crippen LogP contribution is -2.26. The average Bonchev–Trinajstić information content (AvgIpc) is 2.02. The molecule has 1 aliphatic heterocycles. The fourth-order valence-electron chi connectivity index (χ4n) is 1.12. The summed E-state index contributed by atoms with van der Waals surface area (Å²) in [5.74, 6) is 1.48. The van der Waals surface area contributed by atoms with Crippen molar-refractivity contribution in [3.05, 3.63) is 14.4 Å². The van der Waals surface area contributed by atoms with Gasteiger partial charge in [0.15, 0.2) is 16.1 Å². The SMILES string of the molecule is C[C@@H]1COc2c(cc(I)nc2Br)O1. The summed E-state index contributed by atoms with van der Waals surface area (Å²) in [6.45, 7) is 2.55. The summed E-state index contributed by atoms with van der Waals surface area (Å²) in [5, 5.41) is 0. The first kappa shape index (κ1) is 9.51. The van der Waals surface area contributed by atoms with E-state index in [2.05, 4.69) is 43.5 Å². The number of aromatic nitrogens is 1. The molecule has 70 valence electrons. The van der Waals surface area contributed by atoms with Crippen molar-refractivity contribution >= 4 is 38.5 Å². The number of ether oxygens (including phenoxy) is 2. The van der Waals surface area contributed by atoms with Gasteiger partial charge in [0.05, 0.1) is 0 Å². The molecule has 1 aromatic heterocycles. The van der Waals surface area contributed by atoms with E-state index in [1.54, 1.807) is 0 Å². The van der Waals surface area contributed by atoms with Crippen molar-refractivity contribution in [2.75, 3.05) is 6.61 Å². The minimum Gasteiger partial charge on any atom is -0.483 e. The van der Waals surface area contributed by atoms with Crippen LogP contribution in [0, 0.1) is 3.70 Å². The van der Waals surface area contributed by atoms with E-state index in [0.29, 0.717) is 17.0 Å². The Balaban J connectivity index is 2.47. The van der Waals surface area contributed by atoms with Crippen molar-refractivity contribution in [2.24, 2.45) is 0 Å². The van der Waals surface area contributed by atoms with E-state index in [1.807, 2.05) is 13.0 Å². The second kappa shape index (κ2) is 3.61. The van der Waals surface area contributed by atoms with Crippen molar-refractivity contribution in [1.29, 1.82) is 0 Å². The molecular weight excluding hydrogens is 349 g/mol. The summed E-state index contributed by atoms with van der Waals surface area (Å²) < 4.78 is 12.7. The molecule has 1 aliphatic rings. The molecular formula is C8H7BrINO2. The van der Waals surface area contributed by atoms with Gasteiger partial charge in [-0.15, -0.1) is 0 Å². The third kappa shape index (κ3) is 1.90. The van der Waals surface area contributed by atoms with E-state index in [4.69, 9.17) is 9.47 Å². The lowest BCUT2D eigenvalue weighted by Gasteiger charge is -2.24. The second-order valence-electron chi connectivity index (χ2n) is 2.80. The molecule has 3 nitrogen and oxygen atoms in total. The maximum absolute atomic E-state index is 5.59. The van der Waals surface area contributed by atoms with Gasteiger partial charge in [-0.3, -0.25) is 0 Å². The lowest BCUT2D eigenvalue weighted by atomic mass is 10.3. The van der Waals surface area contributed by atoms with Crippen molar-refractivity contribution < 1.29 is 9.47 Å². The quantitative estimate of drug-likeness (QED) is 0.529. The van der Waals surface area contributed by atoms with Crippen LogP contribution in [0.1, 0.15) is 6.92 Å². The molecule has 0 bridgehead atoms. The molecule has 0 amide bonds. The average molecular weight is 356 g/mol. The number of hydrogen-bond acceptors (Lipinski definition) is 3. The van der Waals surface area contributed by atoms with Crippen LogP contribution < -0.4 is 9.47 Å². The summed E-state index contributed by atoms with van der Waals surface area (Å²) in [6, 6.07) is 1.87. The highest BCUT2D eigenvalue weighted by Gasteiger charge is 2.21. The van der Waals surface area contributed by atoms with Crippen molar-refractivity contribution in [3.8, 4) is 11.5 Å². The predicted octanol–water partition coefficient (Wildman–Crippen LogP) is 2.61. The minimum atomic E-state index is 0.109. The minimum absolute atomic E-state index is 0.109. The first-order valence-electron chi connectivity index (χ1n) is 3.82. The molecule has 1 aromatic rings. The van der Waals surface area contributed by atoms with Crippen LogP contribution in [-0.2, 0) is 0 Å². The molecule has 0 N–H and O–H groups in total. The van der Waals surface area contributed by atoms with E-state index in [0.717, 1.165) is 9.45 Å². The Hall–Kier alpha value is -0.0400. The van der Waals surface area contributed by atoms with Crippen LogP contribution >= 0.6 is 38.5 Å². The third-order valence-electron chi connectivity index (χ3n) is 1.66. The van der Waals surface area contributed by atoms with Crippen LogP contribution in [0.3, 0.4) is 0 Å². The zero-order valence-electron chi connectivity index (χ0n) is 6.88. The highest BCUT2D eigenvalue weighted by molar-refractivity contribution is 14.1. The predicted molar refractivity (Wildman–Crippen MR) is 60.2 cm³/mol. The number of nitrogens with zero attached hydrogens (tertiary/aromatic N) is 1. The van der Waals surface area contributed by atoms with Crippen LogP contribution in [0.4, 0.5) is 0 Å². The van der Waals surface area contributed by atoms with Gasteiger partial charge in [0.25, 0.3) is 0 Å². The number of hydrogen-bond donors (Lipinski definition) is 0. The van der Waals surface area contributed by atoms with E-state index in [-0.39, 0.29) is 6.10 Å². The molecule has 2 rings (SSSR count). The highest BCUT2D eigenvalue weighted by Crippen LogP contribution is 2.37. The van der Waals surface area contributed by atoms with E-state index in [9.17, 15) is 0 Å². The maximum Gasteiger partial charge on any atom is 0.194 e. The molecule has 0 aromatic carbocycles. The molecule has 1 atom stereocenters. The van der Waals surface area contributed by atoms with E-state index < -0.39 is 0 Å². The summed E-state index contributed by atoms with van der Waals surface area (Å²) in [4.78, 5) is 4.21. The first-order valence-corrected chi connectivity index (χ1v) is 5.69. The number of fused-ring (bicyclic) bond motifs is 1. The van der Waals surface area contributed by atoms with Crippen molar-refractivity contribution in [1.82, 2.24) is 4.98 Å². The Labute approximate surface area is 98.1 Å². The zero-order valence-corrected chi connectivity index (χ0v) is 10.6. The van der Waals surface area contributed by atoms with Crippen LogP contribution in [-0.4, -0.2) is 17.7 Å². The topological polar surface area (TPSA) is 31.4 Å². The van der Waals surface area contributed by atoms with Gasteiger partial charge in [0.1, 0.15) is 16.4 Å². The standard InChI is InChI=1S/C8H7BrINO2/c1-4-3-12-7-5(13-4)2-6(10)11-8(7)9/h2,4H,3H2,1H3/t4-/m1/s1. The third-order valence-corrected chi connectivity index (χ3v) is 2.75. The summed E-state index contributed by atoms with van der Waals surface area (Å²) in [7, 11) is 0. The summed E-state index contributed by atoms with van der Waals surface area (Å²) >= 11 is 5.47. The van der Waals surface area contributed by atoms with Gasteiger partial charge < -0.3 is 9.47 Å². The zero-order chi connectivity index (χ0) is 9.42. The molecule has 0 saturated heterocycles. The molecule has 0 spiro atoms. The van der Waals surface area contributed by atoms with Crippen LogP contribution in [0.5, 0.6) is 11.5 Å². The van der Waals surface area contributed by atoms with Crippen molar-refractivity contribution in [3.63, 3.8) is 0 Å². The van der Waals surface area contributed by atoms with Crippen molar-refractivity contribution in [2.45, 2.75) is 13.0 Å². The molecule has 13 heavy (non-hydrogen) atoms. The Kier molecular flexibility index (Phi) is 2.64. The van der Waals surface area contributed by atoms with Gasteiger partial charge in [0.2, 0.25) is 0 Å². The maximum atomic E-state index is 5.59. The summed E-state index contributed by atoms with van der Waals surface area (Å²) in [5.41, 5.74) is 0. The Morgan fingerprint density at radius 3 is 3.23 bits per heavy atom. The molecule has 0 saturated carbocycles. The first-order chi connectivity index (χ1) is 6.16. The van der Waals surface area contributed by atoms with Gasteiger partial charge in [-0.2, -0.15) is 0 Å². The largest absolute Gasteiger partial charge is 0.483 e. The summed E-state index contributed by atoms with van der Waals surface area (Å²) in [6.07, 6.45) is 0.109. The van der Waals surface area contributed by atoms with Gasteiger partial charge in [-0.05, 0) is 45.4 Å². The van der Waals surface area contributed by atoms with Crippen LogP contribution in [0.2, 0.25) is 0 Å². The van der Waals surface area contributed by atoms with Gasteiger partial charge >= 0.3 is 0 Å². The monoisotopic (exact) mass is 355 g/mol. The molecule has 0 radical (unpaired) electrons. The second-order valence-corrected chi connectivity index (χ2v) is 4.66. The number of pyridine rings is 1. The Morgan fingerprint density at radius 1 is 1.69 bits per heavy atom. The van der Waals surface area contributed by atoms with E-state index in [1.165, 1.54) is 0 Å². The lowest BCUT2D eigenvalue weighted by molar-refractivity contribution is 0.102. The van der Waals surface area contributed by atoms with Crippen LogP contribution in [0.25, 0.3) is 0 Å². The Morgan fingerprint density at radius 2 is 2.46 bits per heavy atom. The van der Waals surface area contributed by atoms with E-state index >= 15 is 0 Å². The Bertz CT molecular complexity index is 345. The van der Waals surface area contributed by atoms with Gasteiger partial charge in [0, 0.05) is 6.07 Å². The smallest absolute Gasteiger partial charge is 0.194 e. The number of halogens is 2. The van der Waals surface area contributed by atoms with Gasteiger partial charge in [-0.1, -0.05) is 0 Å². The fourth-order valence-corrected chi connectivity index (χ4v) is 2.48. The number of rotatable bonds is 0. The molecule has 2 heterocycles. The highest BCUT2D eigenvalue weighted by atomic mass is 127. The van der Waals surface area contributed by atoms with Gasteiger partial charge in [-0.25, -0.2) is 4.98 Å².